The van der Waals surface area contributed by atoms with Crippen molar-refractivity contribution in [3.05, 3.63) is 58.2 Å². The lowest BCUT2D eigenvalue weighted by Crippen LogP contribution is -2.20. The van der Waals surface area contributed by atoms with Crippen LogP contribution in [0.3, 0.4) is 0 Å². The predicted octanol–water partition coefficient (Wildman–Crippen LogP) is 3.87. The van der Waals surface area contributed by atoms with Crippen molar-refractivity contribution in [3.63, 3.8) is 0 Å². The Bertz CT molecular complexity index is 679. The maximum Gasteiger partial charge on any atom is 0.0619 e. The van der Waals surface area contributed by atoms with Gasteiger partial charge in [0.05, 0.1) is 17.1 Å². The van der Waals surface area contributed by atoms with Crippen LogP contribution >= 0.6 is 0 Å². The first-order valence-corrected chi connectivity index (χ1v) is 8.77. The van der Waals surface area contributed by atoms with Crippen LogP contribution in [-0.2, 0) is 19.3 Å². The number of nitrogens with one attached hydrogen (secondary N) is 1. The Labute approximate surface area is 139 Å². The van der Waals surface area contributed by atoms with Crippen molar-refractivity contribution < 1.29 is 0 Å². The molecule has 122 valence electrons. The Hall–Kier alpha value is -1.74. The Morgan fingerprint density at radius 3 is 2.87 bits per heavy atom. The molecule has 0 aliphatic heterocycles. The van der Waals surface area contributed by atoms with E-state index < -0.39 is 0 Å². The zero-order valence-electron chi connectivity index (χ0n) is 14.5. The van der Waals surface area contributed by atoms with Crippen LogP contribution in [0.4, 0.5) is 0 Å². The van der Waals surface area contributed by atoms with Crippen LogP contribution in [0.1, 0.15) is 59.6 Å². The van der Waals surface area contributed by atoms with E-state index in [0.29, 0.717) is 6.04 Å². The topological polar surface area (TPSA) is 37.8 Å². The number of nitrogens with zero attached hydrogens (tertiary/aromatic N) is 2. The molecule has 0 amide bonds. The summed E-state index contributed by atoms with van der Waals surface area (Å²) in [6, 6.07) is 7.42. The fourth-order valence-corrected chi connectivity index (χ4v) is 3.38. The number of aryl methyl sites for hydroxylation is 5. The molecule has 1 aromatic heterocycles. The highest BCUT2D eigenvalue weighted by atomic mass is 14.9. The van der Waals surface area contributed by atoms with Gasteiger partial charge in [-0.3, -0.25) is 9.97 Å². The molecule has 1 N–H and O–H groups in total. The van der Waals surface area contributed by atoms with Gasteiger partial charge in [0.25, 0.3) is 0 Å². The van der Waals surface area contributed by atoms with Crippen molar-refractivity contribution >= 4 is 0 Å². The lowest BCUT2D eigenvalue weighted by Gasteiger charge is -2.15. The zero-order chi connectivity index (χ0) is 16.2. The summed E-state index contributed by atoms with van der Waals surface area (Å²) in [5.74, 6) is 0. The minimum absolute atomic E-state index is 0.408. The first-order chi connectivity index (χ1) is 11.1. The molecular formula is C20H27N3. The van der Waals surface area contributed by atoms with Crippen LogP contribution in [0.5, 0.6) is 0 Å². The van der Waals surface area contributed by atoms with Crippen molar-refractivity contribution in [2.45, 2.75) is 58.9 Å². The van der Waals surface area contributed by atoms with Gasteiger partial charge in [0.2, 0.25) is 0 Å². The van der Waals surface area contributed by atoms with Crippen LogP contribution in [-0.4, -0.2) is 16.5 Å². The minimum atomic E-state index is 0.408. The van der Waals surface area contributed by atoms with Gasteiger partial charge in [-0.25, -0.2) is 0 Å². The molecular weight excluding hydrogens is 282 g/mol. The summed E-state index contributed by atoms with van der Waals surface area (Å²) in [6.45, 7) is 7.31. The fraction of sp³-hybridized carbons (Fsp3) is 0.500. The predicted molar refractivity (Wildman–Crippen MR) is 94.7 cm³/mol. The molecule has 1 unspecified atom stereocenters. The summed E-state index contributed by atoms with van der Waals surface area (Å²) in [4.78, 5) is 8.99. The molecule has 1 aromatic carbocycles. The Balaban J connectivity index is 1.49. The van der Waals surface area contributed by atoms with Gasteiger partial charge in [0.1, 0.15) is 0 Å². The van der Waals surface area contributed by atoms with Crippen molar-refractivity contribution in [3.8, 4) is 0 Å². The zero-order valence-corrected chi connectivity index (χ0v) is 14.5. The average Bonchev–Trinajstić information content (AvgIpc) is 3.02. The largest absolute Gasteiger partial charge is 0.310 e. The van der Waals surface area contributed by atoms with Gasteiger partial charge in [-0.05, 0) is 76.1 Å². The Morgan fingerprint density at radius 1 is 1.17 bits per heavy atom. The number of aromatic nitrogens is 2. The Kier molecular flexibility index (Phi) is 5.06. The van der Waals surface area contributed by atoms with Crippen molar-refractivity contribution in [2.24, 2.45) is 0 Å². The molecule has 0 spiro atoms. The lowest BCUT2D eigenvalue weighted by molar-refractivity contribution is 0.555. The Morgan fingerprint density at radius 2 is 2.00 bits per heavy atom. The third-order valence-corrected chi connectivity index (χ3v) is 4.84. The van der Waals surface area contributed by atoms with E-state index in [1.54, 1.807) is 11.1 Å². The van der Waals surface area contributed by atoms with E-state index in [9.17, 15) is 0 Å². The maximum absolute atomic E-state index is 4.60. The molecule has 1 atom stereocenters. The number of rotatable bonds is 6. The van der Waals surface area contributed by atoms with E-state index in [1.165, 1.54) is 24.8 Å². The van der Waals surface area contributed by atoms with Gasteiger partial charge in [-0.15, -0.1) is 0 Å². The second-order valence-corrected chi connectivity index (χ2v) is 6.70. The van der Waals surface area contributed by atoms with Gasteiger partial charge in [-0.1, -0.05) is 18.2 Å². The number of hydrogen-bond acceptors (Lipinski definition) is 3. The van der Waals surface area contributed by atoms with Gasteiger partial charge >= 0.3 is 0 Å². The molecule has 1 aliphatic carbocycles. The molecule has 1 aliphatic rings. The van der Waals surface area contributed by atoms with Gasteiger partial charge in [0, 0.05) is 12.2 Å². The van der Waals surface area contributed by atoms with Crippen LogP contribution < -0.4 is 5.32 Å². The normalized spacial score (nSPS) is 14.7. The molecule has 0 saturated carbocycles. The second kappa shape index (κ2) is 7.22. The summed E-state index contributed by atoms with van der Waals surface area (Å²) >= 11 is 0. The molecule has 2 aromatic rings. The summed E-state index contributed by atoms with van der Waals surface area (Å²) in [5, 5.41) is 3.65. The monoisotopic (exact) mass is 309 g/mol. The van der Waals surface area contributed by atoms with Crippen molar-refractivity contribution in [1.29, 1.82) is 0 Å². The van der Waals surface area contributed by atoms with E-state index >= 15 is 0 Å². The summed E-state index contributed by atoms with van der Waals surface area (Å²) in [5.41, 5.74) is 7.72. The van der Waals surface area contributed by atoms with Gasteiger partial charge in [-0.2, -0.15) is 0 Å². The molecule has 1 heterocycles. The smallest absolute Gasteiger partial charge is 0.0619 e. The SMILES string of the molecule is Cc1cnc(C)c(CCCNC(C)c2ccc3c(c2)CCC3)n1. The van der Waals surface area contributed by atoms with Crippen molar-refractivity contribution in [1.82, 2.24) is 15.3 Å². The van der Waals surface area contributed by atoms with E-state index in [-0.39, 0.29) is 0 Å². The van der Waals surface area contributed by atoms with Gasteiger partial charge in [0.15, 0.2) is 0 Å². The first-order valence-electron chi connectivity index (χ1n) is 8.77. The summed E-state index contributed by atoms with van der Waals surface area (Å²) in [7, 11) is 0. The quantitative estimate of drug-likeness (QED) is 0.823. The number of benzene rings is 1. The highest BCUT2D eigenvalue weighted by Crippen LogP contribution is 2.25. The standard InChI is InChI=1S/C20H27N3/c1-14-13-22-16(3)20(23-14)8-5-11-21-15(2)18-10-9-17-6-4-7-19(17)12-18/h9-10,12-13,15,21H,4-8,11H2,1-3H3. The molecule has 0 bridgehead atoms. The summed E-state index contributed by atoms with van der Waals surface area (Å²) in [6.07, 6.45) is 7.75. The van der Waals surface area contributed by atoms with Crippen LogP contribution in [0, 0.1) is 13.8 Å². The molecule has 0 saturated heterocycles. The second-order valence-electron chi connectivity index (χ2n) is 6.70. The molecule has 23 heavy (non-hydrogen) atoms. The summed E-state index contributed by atoms with van der Waals surface area (Å²) < 4.78 is 0. The highest BCUT2D eigenvalue weighted by Gasteiger charge is 2.13. The molecule has 3 rings (SSSR count). The molecule has 0 radical (unpaired) electrons. The third kappa shape index (κ3) is 3.97. The number of hydrogen-bond donors (Lipinski definition) is 1. The van der Waals surface area contributed by atoms with Crippen LogP contribution in [0.15, 0.2) is 24.4 Å². The number of fused-ring (bicyclic) bond motifs is 1. The highest BCUT2D eigenvalue weighted by molar-refractivity contribution is 5.36. The van der Waals surface area contributed by atoms with E-state index in [4.69, 9.17) is 0 Å². The first kappa shape index (κ1) is 16.1. The van der Waals surface area contributed by atoms with Crippen LogP contribution in [0.25, 0.3) is 0 Å². The lowest BCUT2D eigenvalue weighted by atomic mass is 10.0. The average molecular weight is 309 g/mol. The third-order valence-electron chi connectivity index (χ3n) is 4.84. The molecule has 0 fully saturated rings. The van der Waals surface area contributed by atoms with Crippen molar-refractivity contribution in [2.75, 3.05) is 6.54 Å². The minimum Gasteiger partial charge on any atom is -0.310 e. The maximum atomic E-state index is 4.60. The molecule has 3 nitrogen and oxygen atoms in total. The van der Waals surface area contributed by atoms with E-state index in [2.05, 4.69) is 40.4 Å². The van der Waals surface area contributed by atoms with E-state index in [0.717, 1.165) is 36.5 Å². The molecule has 3 heteroatoms. The van der Waals surface area contributed by atoms with E-state index in [1.807, 2.05) is 20.0 Å². The fourth-order valence-electron chi connectivity index (χ4n) is 3.38. The van der Waals surface area contributed by atoms with Crippen LogP contribution in [0.2, 0.25) is 0 Å². The van der Waals surface area contributed by atoms with Gasteiger partial charge < -0.3 is 5.32 Å².